The maximum absolute atomic E-state index is 5.01. The fraction of sp³-hybridized carbons (Fsp3) is 0.778. The van der Waals surface area contributed by atoms with Gasteiger partial charge in [0.2, 0.25) is 0 Å². The first-order valence-electron chi connectivity index (χ1n) is 3.91. The summed E-state index contributed by atoms with van der Waals surface area (Å²) in [7, 11) is 1.76. The summed E-state index contributed by atoms with van der Waals surface area (Å²) in [5, 5.41) is 0. The topological polar surface area (TPSA) is 9.23 Å². The largest absolute Gasteiger partial charge is 0.384 e. The van der Waals surface area contributed by atoms with Gasteiger partial charge in [0.15, 0.2) is 0 Å². The highest BCUT2D eigenvalue weighted by molar-refractivity contribution is 4.77. The Morgan fingerprint density at radius 2 is 2.20 bits per heavy atom. The second-order valence-electron chi connectivity index (χ2n) is 2.71. The molecule has 10 heavy (non-hydrogen) atoms. The third-order valence-electron chi connectivity index (χ3n) is 1.51. The second kappa shape index (κ2) is 6.81. The van der Waals surface area contributed by atoms with Crippen LogP contribution >= 0.6 is 0 Å². The van der Waals surface area contributed by atoms with Gasteiger partial charge in [0.05, 0.1) is 0 Å². The van der Waals surface area contributed by atoms with Gasteiger partial charge >= 0.3 is 0 Å². The molecule has 1 heteroatoms. The first-order valence-corrected chi connectivity index (χ1v) is 3.91. The number of rotatable bonds is 5. The van der Waals surface area contributed by atoms with Crippen molar-refractivity contribution in [2.45, 2.75) is 26.7 Å². The summed E-state index contributed by atoms with van der Waals surface area (Å²) >= 11 is 0. The highest BCUT2D eigenvalue weighted by Crippen LogP contribution is 2.05. The van der Waals surface area contributed by atoms with Gasteiger partial charge in [0.25, 0.3) is 0 Å². The molecular weight excluding hydrogens is 124 g/mol. The summed E-state index contributed by atoms with van der Waals surface area (Å²) < 4.78 is 5.01. The van der Waals surface area contributed by atoms with Gasteiger partial charge in [0.1, 0.15) is 0 Å². The Hall–Kier alpha value is -0.300. The maximum Gasteiger partial charge on any atom is 0.0487 e. The van der Waals surface area contributed by atoms with Gasteiger partial charge in [-0.05, 0) is 25.7 Å². The van der Waals surface area contributed by atoms with Crippen LogP contribution in [0.15, 0.2) is 12.2 Å². The van der Waals surface area contributed by atoms with Gasteiger partial charge in [-0.3, -0.25) is 0 Å². The molecule has 0 fully saturated rings. The number of allylic oxidation sites excluding steroid dienone is 2. The predicted octanol–water partition coefficient (Wildman–Crippen LogP) is 2.63. The van der Waals surface area contributed by atoms with Crippen LogP contribution in [0.2, 0.25) is 0 Å². The molecular formula is C9H18O. The van der Waals surface area contributed by atoms with E-state index in [1.54, 1.807) is 7.11 Å². The number of ether oxygens (including phenoxy) is 1. The van der Waals surface area contributed by atoms with Crippen molar-refractivity contribution in [2.24, 2.45) is 5.92 Å². The molecule has 0 radical (unpaired) electrons. The molecule has 0 amide bonds. The highest BCUT2D eigenvalue weighted by atomic mass is 16.5. The third-order valence-corrected chi connectivity index (χ3v) is 1.51. The van der Waals surface area contributed by atoms with Crippen LogP contribution in [0.25, 0.3) is 0 Å². The molecule has 1 atom stereocenters. The van der Waals surface area contributed by atoms with Crippen molar-refractivity contribution < 1.29 is 4.74 Å². The molecule has 0 aromatic carbocycles. The molecule has 0 aliphatic carbocycles. The van der Waals surface area contributed by atoms with Crippen LogP contribution in [0.4, 0.5) is 0 Å². The quantitative estimate of drug-likeness (QED) is 0.536. The van der Waals surface area contributed by atoms with Crippen LogP contribution in [0.3, 0.4) is 0 Å². The molecule has 0 aliphatic rings. The normalized spacial score (nSPS) is 14.3. The molecule has 0 rings (SSSR count). The van der Waals surface area contributed by atoms with E-state index < -0.39 is 0 Å². The lowest BCUT2D eigenvalue weighted by Gasteiger charge is -2.06. The van der Waals surface area contributed by atoms with Crippen LogP contribution in [-0.2, 0) is 4.74 Å². The zero-order valence-corrected chi connectivity index (χ0v) is 7.26. The van der Waals surface area contributed by atoms with Gasteiger partial charge in [-0.1, -0.05) is 19.1 Å². The Labute approximate surface area is 64.1 Å². The van der Waals surface area contributed by atoms with E-state index in [2.05, 4.69) is 26.0 Å². The Kier molecular flexibility index (Phi) is 6.61. The number of methoxy groups -OCH3 is 1. The van der Waals surface area contributed by atoms with Crippen LogP contribution in [-0.4, -0.2) is 13.7 Å². The van der Waals surface area contributed by atoms with Gasteiger partial charge < -0.3 is 4.74 Å². The minimum Gasteiger partial charge on any atom is -0.384 e. The Morgan fingerprint density at radius 1 is 1.50 bits per heavy atom. The third kappa shape index (κ3) is 5.83. The first kappa shape index (κ1) is 9.70. The predicted molar refractivity (Wildman–Crippen MR) is 45.1 cm³/mol. The molecule has 0 spiro atoms. The van der Waals surface area contributed by atoms with E-state index in [-0.39, 0.29) is 0 Å². The van der Waals surface area contributed by atoms with E-state index in [0.717, 1.165) is 6.61 Å². The summed E-state index contributed by atoms with van der Waals surface area (Å²) in [4.78, 5) is 0. The SMILES string of the molecule is C/C=C/CC[C@H](C)COC. The van der Waals surface area contributed by atoms with Crippen molar-refractivity contribution in [2.75, 3.05) is 13.7 Å². The van der Waals surface area contributed by atoms with E-state index >= 15 is 0 Å². The summed E-state index contributed by atoms with van der Waals surface area (Å²) in [5.74, 6) is 0.696. The van der Waals surface area contributed by atoms with Crippen molar-refractivity contribution in [1.29, 1.82) is 0 Å². The molecule has 0 aromatic heterocycles. The fourth-order valence-electron chi connectivity index (χ4n) is 0.915. The molecule has 0 aliphatic heterocycles. The molecule has 0 aromatic rings. The smallest absolute Gasteiger partial charge is 0.0487 e. The van der Waals surface area contributed by atoms with E-state index in [1.807, 2.05) is 0 Å². The molecule has 0 heterocycles. The Balaban J connectivity index is 3.12. The molecule has 0 bridgehead atoms. The average Bonchev–Trinajstić information content (AvgIpc) is 1.89. The van der Waals surface area contributed by atoms with Gasteiger partial charge in [-0.25, -0.2) is 0 Å². The van der Waals surface area contributed by atoms with E-state index in [0.29, 0.717) is 5.92 Å². The summed E-state index contributed by atoms with van der Waals surface area (Å²) in [6.45, 7) is 5.16. The number of hydrogen-bond acceptors (Lipinski definition) is 1. The zero-order valence-electron chi connectivity index (χ0n) is 7.26. The molecule has 0 saturated heterocycles. The minimum atomic E-state index is 0.696. The van der Waals surface area contributed by atoms with E-state index in [9.17, 15) is 0 Å². The summed E-state index contributed by atoms with van der Waals surface area (Å²) in [6, 6.07) is 0. The van der Waals surface area contributed by atoms with Gasteiger partial charge in [-0.2, -0.15) is 0 Å². The van der Waals surface area contributed by atoms with Crippen molar-refractivity contribution >= 4 is 0 Å². The van der Waals surface area contributed by atoms with Gasteiger partial charge in [0, 0.05) is 13.7 Å². The minimum absolute atomic E-state index is 0.696. The lowest BCUT2D eigenvalue weighted by Crippen LogP contribution is -2.02. The lowest BCUT2D eigenvalue weighted by atomic mass is 10.1. The lowest BCUT2D eigenvalue weighted by molar-refractivity contribution is 0.156. The second-order valence-corrected chi connectivity index (χ2v) is 2.71. The van der Waals surface area contributed by atoms with Crippen molar-refractivity contribution in [3.63, 3.8) is 0 Å². The monoisotopic (exact) mass is 142 g/mol. The van der Waals surface area contributed by atoms with E-state index in [1.165, 1.54) is 12.8 Å². The fourth-order valence-corrected chi connectivity index (χ4v) is 0.915. The van der Waals surface area contributed by atoms with Crippen molar-refractivity contribution in [3.05, 3.63) is 12.2 Å². The molecule has 0 unspecified atom stereocenters. The molecule has 1 nitrogen and oxygen atoms in total. The highest BCUT2D eigenvalue weighted by Gasteiger charge is 1.97. The van der Waals surface area contributed by atoms with Crippen LogP contribution in [0.1, 0.15) is 26.7 Å². The number of hydrogen-bond donors (Lipinski definition) is 0. The molecule has 0 saturated carbocycles. The molecule has 60 valence electrons. The molecule has 0 N–H and O–H groups in total. The van der Waals surface area contributed by atoms with Crippen molar-refractivity contribution in [1.82, 2.24) is 0 Å². The van der Waals surface area contributed by atoms with Gasteiger partial charge in [-0.15, -0.1) is 0 Å². The van der Waals surface area contributed by atoms with Crippen molar-refractivity contribution in [3.8, 4) is 0 Å². The Bertz CT molecular complexity index is 86.7. The maximum atomic E-state index is 5.01. The summed E-state index contributed by atoms with van der Waals surface area (Å²) in [6.07, 6.45) is 6.71. The van der Waals surface area contributed by atoms with Crippen LogP contribution in [0, 0.1) is 5.92 Å². The van der Waals surface area contributed by atoms with E-state index in [4.69, 9.17) is 4.74 Å². The standard InChI is InChI=1S/C9H18O/c1-4-5-6-7-9(2)8-10-3/h4-5,9H,6-8H2,1-3H3/b5-4+/t9-/m0/s1. The average molecular weight is 142 g/mol. The Morgan fingerprint density at radius 3 is 2.70 bits per heavy atom. The van der Waals surface area contributed by atoms with Crippen LogP contribution in [0.5, 0.6) is 0 Å². The van der Waals surface area contributed by atoms with Crippen LogP contribution < -0.4 is 0 Å². The zero-order chi connectivity index (χ0) is 7.82. The summed E-state index contributed by atoms with van der Waals surface area (Å²) in [5.41, 5.74) is 0. The first-order chi connectivity index (χ1) is 4.81.